The highest BCUT2D eigenvalue weighted by Crippen LogP contribution is 2.25. The Balaban J connectivity index is 2.64. The van der Waals surface area contributed by atoms with E-state index in [1.54, 1.807) is 0 Å². The summed E-state index contributed by atoms with van der Waals surface area (Å²) in [5.41, 5.74) is 0. The van der Waals surface area contributed by atoms with Crippen molar-refractivity contribution in [2.45, 2.75) is 18.3 Å². The Labute approximate surface area is 77.5 Å². The molecule has 6 heteroatoms. The number of ether oxygens (including phenoxy) is 2. The Morgan fingerprint density at radius 3 is 2.62 bits per heavy atom. The zero-order chi connectivity index (χ0) is 9.84. The molecule has 0 saturated carbocycles. The van der Waals surface area contributed by atoms with E-state index in [-0.39, 0.29) is 11.9 Å². The summed E-state index contributed by atoms with van der Waals surface area (Å²) in [7, 11) is 1.67. The molecule has 0 spiro atoms. The van der Waals surface area contributed by atoms with Crippen molar-refractivity contribution in [1.29, 1.82) is 0 Å². The SMILES string of the molecule is COC1=NCC(OC)C(B(O)O)C1. The fourth-order valence-corrected chi connectivity index (χ4v) is 1.42. The van der Waals surface area contributed by atoms with Crippen molar-refractivity contribution in [3.63, 3.8) is 0 Å². The van der Waals surface area contributed by atoms with Gasteiger partial charge in [-0.1, -0.05) is 0 Å². The smallest absolute Gasteiger partial charge is 0.458 e. The number of nitrogens with zero attached hydrogens (tertiary/aromatic N) is 1. The molecule has 1 heterocycles. The van der Waals surface area contributed by atoms with E-state index in [2.05, 4.69) is 4.99 Å². The molecule has 13 heavy (non-hydrogen) atoms. The predicted molar refractivity (Wildman–Crippen MR) is 48.7 cm³/mol. The lowest BCUT2D eigenvalue weighted by molar-refractivity contribution is 0.0883. The van der Waals surface area contributed by atoms with Gasteiger partial charge in [-0.05, 0) is 0 Å². The molecule has 0 aliphatic carbocycles. The van der Waals surface area contributed by atoms with Gasteiger partial charge in [-0.3, -0.25) is 4.99 Å². The number of hydrogen-bond acceptors (Lipinski definition) is 5. The van der Waals surface area contributed by atoms with Crippen LogP contribution in [0.3, 0.4) is 0 Å². The van der Waals surface area contributed by atoms with Crippen molar-refractivity contribution >= 4 is 13.0 Å². The first-order chi connectivity index (χ1) is 6.19. The predicted octanol–water partition coefficient (Wildman–Crippen LogP) is -0.707. The van der Waals surface area contributed by atoms with Crippen LogP contribution in [0.25, 0.3) is 0 Å². The van der Waals surface area contributed by atoms with E-state index in [9.17, 15) is 0 Å². The molecule has 2 atom stereocenters. The lowest BCUT2D eigenvalue weighted by Crippen LogP contribution is -2.38. The van der Waals surface area contributed by atoms with Crippen LogP contribution >= 0.6 is 0 Å². The molecule has 1 rings (SSSR count). The fraction of sp³-hybridized carbons (Fsp3) is 0.857. The highest BCUT2D eigenvalue weighted by molar-refractivity contribution is 6.44. The molecule has 1 aliphatic heterocycles. The van der Waals surface area contributed by atoms with Crippen LogP contribution in [0.1, 0.15) is 6.42 Å². The van der Waals surface area contributed by atoms with E-state index in [0.717, 1.165) is 0 Å². The summed E-state index contributed by atoms with van der Waals surface area (Å²) in [6.45, 7) is 0.419. The maximum atomic E-state index is 9.06. The van der Waals surface area contributed by atoms with E-state index in [1.807, 2.05) is 0 Å². The maximum absolute atomic E-state index is 9.06. The molecule has 0 fully saturated rings. The van der Waals surface area contributed by atoms with Crippen LogP contribution in [-0.2, 0) is 9.47 Å². The van der Waals surface area contributed by atoms with Crippen LogP contribution in [0.15, 0.2) is 4.99 Å². The van der Waals surface area contributed by atoms with Gasteiger partial charge in [0.2, 0.25) is 0 Å². The molecule has 0 saturated heterocycles. The molecule has 0 aromatic heterocycles. The number of hydrogen-bond donors (Lipinski definition) is 2. The lowest BCUT2D eigenvalue weighted by atomic mass is 9.66. The maximum Gasteiger partial charge on any atom is 0.458 e. The van der Waals surface area contributed by atoms with E-state index in [1.165, 1.54) is 14.2 Å². The lowest BCUT2D eigenvalue weighted by Gasteiger charge is -2.27. The topological polar surface area (TPSA) is 71.3 Å². The molecule has 5 nitrogen and oxygen atoms in total. The van der Waals surface area contributed by atoms with E-state index < -0.39 is 7.12 Å². The summed E-state index contributed by atoms with van der Waals surface area (Å²) in [6.07, 6.45) is 0.172. The zero-order valence-electron chi connectivity index (χ0n) is 7.80. The molecule has 2 N–H and O–H groups in total. The Bertz CT molecular complexity index is 197. The van der Waals surface area contributed by atoms with Gasteiger partial charge >= 0.3 is 7.12 Å². The van der Waals surface area contributed by atoms with E-state index in [4.69, 9.17) is 19.5 Å². The number of methoxy groups -OCH3 is 2. The third-order valence-corrected chi connectivity index (χ3v) is 2.26. The monoisotopic (exact) mass is 187 g/mol. The van der Waals surface area contributed by atoms with Crippen molar-refractivity contribution in [1.82, 2.24) is 0 Å². The molecule has 0 radical (unpaired) electrons. The molecule has 0 aromatic carbocycles. The van der Waals surface area contributed by atoms with Gasteiger partial charge in [0, 0.05) is 19.3 Å². The molecule has 74 valence electrons. The van der Waals surface area contributed by atoms with Crippen LogP contribution in [0.5, 0.6) is 0 Å². The first-order valence-electron chi connectivity index (χ1n) is 4.15. The molecular formula is C7H14BNO4. The van der Waals surface area contributed by atoms with Crippen molar-refractivity contribution in [3.8, 4) is 0 Å². The summed E-state index contributed by atoms with van der Waals surface area (Å²) in [5, 5.41) is 18.1. The zero-order valence-corrected chi connectivity index (χ0v) is 7.80. The van der Waals surface area contributed by atoms with Gasteiger partial charge < -0.3 is 19.5 Å². The second kappa shape index (κ2) is 4.60. The number of aliphatic imine (C=N–C) groups is 1. The second-order valence-corrected chi connectivity index (χ2v) is 2.99. The third kappa shape index (κ3) is 2.43. The van der Waals surface area contributed by atoms with Crippen LogP contribution in [0.4, 0.5) is 0 Å². The van der Waals surface area contributed by atoms with E-state index in [0.29, 0.717) is 18.9 Å². The minimum atomic E-state index is -1.38. The van der Waals surface area contributed by atoms with Crippen molar-refractivity contribution in [3.05, 3.63) is 0 Å². The quantitative estimate of drug-likeness (QED) is 0.560. The Hall–Kier alpha value is -0.585. The summed E-state index contributed by atoms with van der Waals surface area (Å²) < 4.78 is 10.0. The average Bonchev–Trinajstić information content (AvgIpc) is 2.16. The van der Waals surface area contributed by atoms with Crippen LogP contribution in [-0.4, -0.2) is 49.9 Å². The molecule has 1 aliphatic rings. The molecular weight excluding hydrogens is 173 g/mol. The summed E-state index contributed by atoms with van der Waals surface area (Å²) in [5.74, 6) is 0.198. The molecule has 0 aromatic rings. The third-order valence-electron chi connectivity index (χ3n) is 2.26. The minimum absolute atomic E-state index is 0.237. The first-order valence-corrected chi connectivity index (χ1v) is 4.15. The minimum Gasteiger partial charge on any atom is -0.484 e. The van der Waals surface area contributed by atoms with Gasteiger partial charge in [0.25, 0.3) is 0 Å². The van der Waals surface area contributed by atoms with Gasteiger partial charge in [0.15, 0.2) is 5.90 Å². The summed E-state index contributed by atoms with van der Waals surface area (Å²) >= 11 is 0. The summed E-state index contributed by atoms with van der Waals surface area (Å²) in [6, 6.07) is 0. The van der Waals surface area contributed by atoms with E-state index >= 15 is 0 Å². The first kappa shape index (κ1) is 10.5. The van der Waals surface area contributed by atoms with Crippen LogP contribution in [0.2, 0.25) is 5.82 Å². The van der Waals surface area contributed by atoms with Crippen molar-refractivity contribution in [2.24, 2.45) is 4.99 Å². The van der Waals surface area contributed by atoms with Crippen LogP contribution < -0.4 is 0 Å². The second-order valence-electron chi connectivity index (χ2n) is 2.99. The Morgan fingerprint density at radius 2 is 2.15 bits per heavy atom. The highest BCUT2D eigenvalue weighted by atomic mass is 16.5. The normalized spacial score (nSPS) is 28.2. The molecule has 0 amide bonds. The van der Waals surface area contributed by atoms with Crippen molar-refractivity contribution < 1.29 is 19.5 Å². The standard InChI is InChI=1S/C7H14BNO4/c1-12-6-4-9-7(13-2)3-5(6)8(10)11/h5-6,10-11H,3-4H2,1-2H3. The number of rotatable bonds is 2. The summed E-state index contributed by atoms with van der Waals surface area (Å²) in [4.78, 5) is 4.08. The molecule has 0 bridgehead atoms. The van der Waals surface area contributed by atoms with Crippen LogP contribution in [0, 0.1) is 0 Å². The van der Waals surface area contributed by atoms with Gasteiger partial charge in [0.05, 0.1) is 19.8 Å². The Morgan fingerprint density at radius 1 is 1.46 bits per heavy atom. The fourth-order valence-electron chi connectivity index (χ4n) is 1.42. The highest BCUT2D eigenvalue weighted by Gasteiger charge is 2.36. The van der Waals surface area contributed by atoms with Crippen molar-refractivity contribution in [2.75, 3.05) is 20.8 Å². The molecule has 2 unspecified atom stereocenters. The largest absolute Gasteiger partial charge is 0.484 e. The van der Waals surface area contributed by atoms with Gasteiger partial charge in [-0.2, -0.15) is 0 Å². The Kier molecular flexibility index (Phi) is 3.71. The van der Waals surface area contributed by atoms with Gasteiger partial charge in [-0.25, -0.2) is 0 Å². The average molecular weight is 187 g/mol. The van der Waals surface area contributed by atoms with Gasteiger partial charge in [0.1, 0.15) is 0 Å². The van der Waals surface area contributed by atoms with Gasteiger partial charge in [-0.15, -0.1) is 0 Å².